The van der Waals surface area contributed by atoms with Crippen LogP contribution in [0.2, 0.25) is 0 Å². The monoisotopic (exact) mass is 234 g/mol. The number of aromatic amines is 1. The summed E-state index contributed by atoms with van der Waals surface area (Å²) in [5, 5.41) is 7.63. The highest BCUT2D eigenvalue weighted by Crippen LogP contribution is 2.25. The molecule has 1 heterocycles. The van der Waals surface area contributed by atoms with Crippen LogP contribution in [0.1, 0.15) is 24.4 Å². The molecule has 0 aliphatic rings. The number of aryl methyl sites for hydroxylation is 1. The van der Waals surface area contributed by atoms with Crippen molar-refractivity contribution >= 4 is 11.8 Å². The minimum absolute atomic E-state index is 0.0739. The van der Waals surface area contributed by atoms with Crippen molar-refractivity contribution in [2.75, 3.05) is 0 Å². The molecule has 16 heavy (non-hydrogen) atoms. The zero-order valence-electron chi connectivity index (χ0n) is 9.27. The smallest absolute Gasteiger partial charge is 0.213 e. The van der Waals surface area contributed by atoms with E-state index in [4.69, 9.17) is 5.73 Å². The van der Waals surface area contributed by atoms with Gasteiger partial charge < -0.3 is 5.73 Å². The topological polar surface area (TPSA) is 67.6 Å². The summed E-state index contributed by atoms with van der Waals surface area (Å²) in [6, 6.07) is 8.22. The van der Waals surface area contributed by atoms with E-state index in [2.05, 4.69) is 15.2 Å². The fourth-order valence-corrected chi connectivity index (χ4v) is 2.07. The summed E-state index contributed by atoms with van der Waals surface area (Å²) in [6.07, 6.45) is 0. The highest BCUT2D eigenvalue weighted by atomic mass is 32.2. The van der Waals surface area contributed by atoms with Gasteiger partial charge in [-0.2, -0.15) is 0 Å². The van der Waals surface area contributed by atoms with Crippen LogP contribution in [-0.2, 0) is 0 Å². The van der Waals surface area contributed by atoms with Crippen molar-refractivity contribution in [2.24, 2.45) is 5.73 Å². The van der Waals surface area contributed by atoms with Crippen LogP contribution in [0.4, 0.5) is 0 Å². The van der Waals surface area contributed by atoms with Crippen molar-refractivity contribution in [3.05, 3.63) is 35.7 Å². The second-order valence-corrected chi connectivity index (χ2v) is 4.70. The van der Waals surface area contributed by atoms with E-state index in [1.165, 1.54) is 11.8 Å². The Labute approximate surface area is 98.7 Å². The Bertz CT molecular complexity index is 461. The first-order valence-electron chi connectivity index (χ1n) is 5.07. The third-order valence-corrected chi connectivity index (χ3v) is 3.06. The third-order valence-electron chi connectivity index (χ3n) is 2.19. The molecule has 3 N–H and O–H groups in total. The number of hydrogen-bond acceptors (Lipinski definition) is 4. The summed E-state index contributed by atoms with van der Waals surface area (Å²) in [5.74, 6) is 0.828. The van der Waals surface area contributed by atoms with Gasteiger partial charge in [-0.25, -0.2) is 4.98 Å². The van der Waals surface area contributed by atoms with E-state index < -0.39 is 0 Å². The Balaban J connectivity index is 2.11. The Morgan fingerprint density at radius 1 is 1.31 bits per heavy atom. The molecule has 1 unspecified atom stereocenters. The number of rotatable bonds is 3. The second-order valence-electron chi connectivity index (χ2n) is 3.66. The molecular weight excluding hydrogens is 220 g/mol. The van der Waals surface area contributed by atoms with Gasteiger partial charge in [0.2, 0.25) is 5.16 Å². The van der Waals surface area contributed by atoms with E-state index in [0.717, 1.165) is 21.4 Å². The van der Waals surface area contributed by atoms with Gasteiger partial charge in [0.05, 0.1) is 0 Å². The molecule has 1 atom stereocenters. The molecule has 0 saturated heterocycles. The fourth-order valence-electron chi connectivity index (χ4n) is 1.31. The molecule has 1 aromatic carbocycles. The molecule has 0 aliphatic carbocycles. The minimum Gasteiger partial charge on any atom is -0.324 e. The summed E-state index contributed by atoms with van der Waals surface area (Å²) in [5.41, 5.74) is 6.92. The number of nitrogens with two attached hydrogens (primary N) is 1. The average molecular weight is 234 g/mol. The summed E-state index contributed by atoms with van der Waals surface area (Å²) in [7, 11) is 0. The van der Waals surface area contributed by atoms with Gasteiger partial charge in [0.15, 0.2) is 0 Å². The molecule has 0 amide bonds. The molecule has 2 rings (SSSR count). The van der Waals surface area contributed by atoms with Crippen LogP contribution in [0.25, 0.3) is 0 Å². The molecule has 0 fully saturated rings. The molecular formula is C11H14N4S. The Morgan fingerprint density at radius 3 is 2.50 bits per heavy atom. The maximum Gasteiger partial charge on any atom is 0.213 e. The van der Waals surface area contributed by atoms with E-state index >= 15 is 0 Å². The predicted molar refractivity (Wildman–Crippen MR) is 64.3 cm³/mol. The van der Waals surface area contributed by atoms with E-state index in [0.29, 0.717) is 0 Å². The Hall–Kier alpha value is -1.33. The lowest BCUT2D eigenvalue weighted by atomic mass is 10.1. The van der Waals surface area contributed by atoms with Crippen LogP contribution in [0.5, 0.6) is 0 Å². The van der Waals surface area contributed by atoms with E-state index in [-0.39, 0.29) is 6.04 Å². The number of hydrogen-bond donors (Lipinski definition) is 2. The van der Waals surface area contributed by atoms with Crippen molar-refractivity contribution < 1.29 is 0 Å². The highest BCUT2D eigenvalue weighted by Gasteiger charge is 2.03. The summed E-state index contributed by atoms with van der Waals surface area (Å²) >= 11 is 1.53. The molecule has 2 aromatic rings. The van der Waals surface area contributed by atoms with Gasteiger partial charge in [0.25, 0.3) is 0 Å². The van der Waals surface area contributed by atoms with Crippen LogP contribution in [-0.4, -0.2) is 15.2 Å². The normalized spacial score (nSPS) is 12.7. The van der Waals surface area contributed by atoms with Crippen molar-refractivity contribution in [3.8, 4) is 0 Å². The molecule has 84 valence electrons. The lowest BCUT2D eigenvalue weighted by Gasteiger charge is -2.05. The molecule has 0 spiro atoms. The standard InChI is InChI=1S/C11H14N4S/c1-7(12)9-3-5-10(6-4-9)16-11-13-8(2)14-15-11/h3-7H,12H2,1-2H3,(H,13,14,15). The number of H-pyrrole nitrogens is 1. The van der Waals surface area contributed by atoms with Gasteiger partial charge in [-0.1, -0.05) is 12.1 Å². The average Bonchev–Trinajstić information content (AvgIpc) is 2.65. The molecule has 0 bridgehead atoms. The van der Waals surface area contributed by atoms with Crippen LogP contribution in [0.3, 0.4) is 0 Å². The lowest BCUT2D eigenvalue weighted by molar-refractivity contribution is 0.817. The number of nitrogens with zero attached hydrogens (tertiary/aromatic N) is 2. The largest absolute Gasteiger partial charge is 0.324 e. The first-order valence-corrected chi connectivity index (χ1v) is 5.89. The van der Waals surface area contributed by atoms with Gasteiger partial charge in [-0.3, -0.25) is 5.10 Å². The Kier molecular flexibility index (Phi) is 3.26. The van der Waals surface area contributed by atoms with Crippen molar-refractivity contribution in [1.29, 1.82) is 0 Å². The van der Waals surface area contributed by atoms with Crippen LogP contribution >= 0.6 is 11.8 Å². The van der Waals surface area contributed by atoms with E-state index in [1.807, 2.05) is 38.1 Å². The Morgan fingerprint density at radius 2 is 2.00 bits per heavy atom. The summed E-state index contributed by atoms with van der Waals surface area (Å²) < 4.78 is 0. The first-order chi connectivity index (χ1) is 7.65. The number of aromatic nitrogens is 3. The first kappa shape index (κ1) is 11.2. The zero-order chi connectivity index (χ0) is 11.5. The molecule has 5 heteroatoms. The quantitative estimate of drug-likeness (QED) is 0.855. The molecule has 1 aromatic heterocycles. The number of nitrogens with one attached hydrogen (secondary N) is 1. The zero-order valence-corrected chi connectivity index (χ0v) is 10.1. The summed E-state index contributed by atoms with van der Waals surface area (Å²) in [4.78, 5) is 5.35. The minimum atomic E-state index is 0.0739. The van der Waals surface area contributed by atoms with Gasteiger partial charge in [-0.05, 0) is 43.3 Å². The van der Waals surface area contributed by atoms with E-state index in [9.17, 15) is 0 Å². The van der Waals surface area contributed by atoms with Crippen LogP contribution < -0.4 is 5.73 Å². The van der Waals surface area contributed by atoms with Gasteiger partial charge in [0.1, 0.15) is 5.82 Å². The summed E-state index contributed by atoms with van der Waals surface area (Å²) in [6.45, 7) is 3.86. The fraction of sp³-hybridized carbons (Fsp3) is 0.273. The van der Waals surface area contributed by atoms with Crippen LogP contribution in [0.15, 0.2) is 34.3 Å². The number of benzene rings is 1. The molecule has 0 aliphatic heterocycles. The van der Waals surface area contributed by atoms with E-state index in [1.54, 1.807) is 0 Å². The maximum atomic E-state index is 5.78. The SMILES string of the molecule is Cc1nc(Sc2ccc(C(C)N)cc2)n[nH]1. The van der Waals surface area contributed by atoms with Gasteiger partial charge in [0, 0.05) is 10.9 Å². The lowest BCUT2D eigenvalue weighted by Crippen LogP contribution is -2.04. The molecule has 4 nitrogen and oxygen atoms in total. The third kappa shape index (κ3) is 2.62. The molecule has 0 saturated carbocycles. The van der Waals surface area contributed by atoms with Gasteiger partial charge >= 0.3 is 0 Å². The van der Waals surface area contributed by atoms with Gasteiger partial charge in [-0.15, -0.1) is 5.10 Å². The predicted octanol–water partition coefficient (Wildman–Crippen LogP) is 2.28. The van der Waals surface area contributed by atoms with Crippen molar-refractivity contribution in [1.82, 2.24) is 15.2 Å². The second kappa shape index (κ2) is 4.67. The highest BCUT2D eigenvalue weighted by molar-refractivity contribution is 7.99. The van der Waals surface area contributed by atoms with Crippen molar-refractivity contribution in [3.63, 3.8) is 0 Å². The van der Waals surface area contributed by atoms with Crippen molar-refractivity contribution in [2.45, 2.75) is 29.9 Å². The van der Waals surface area contributed by atoms with Crippen LogP contribution in [0, 0.1) is 6.92 Å². The molecule has 0 radical (unpaired) electrons. The maximum absolute atomic E-state index is 5.78.